The van der Waals surface area contributed by atoms with E-state index < -0.39 is 6.10 Å². The molecule has 0 amide bonds. The van der Waals surface area contributed by atoms with Gasteiger partial charge < -0.3 is 19.7 Å². The second kappa shape index (κ2) is 6.54. The van der Waals surface area contributed by atoms with Crippen molar-refractivity contribution in [2.45, 2.75) is 25.6 Å². The van der Waals surface area contributed by atoms with Crippen molar-refractivity contribution in [2.24, 2.45) is 0 Å². The van der Waals surface area contributed by atoms with Crippen LogP contribution in [0.5, 0.6) is 0 Å². The molecular weight excluding hydrogens is 148 g/mol. The van der Waals surface area contributed by atoms with Crippen LogP contribution >= 0.6 is 0 Å². The fourth-order valence-electron chi connectivity index (χ4n) is 0.746. The van der Waals surface area contributed by atoms with E-state index in [0.29, 0.717) is 6.42 Å². The van der Waals surface area contributed by atoms with Gasteiger partial charge in [-0.15, -0.1) is 0 Å². The van der Waals surface area contributed by atoms with Crippen molar-refractivity contribution < 1.29 is 19.7 Å². The molecule has 68 valence electrons. The summed E-state index contributed by atoms with van der Waals surface area (Å²) in [4.78, 5) is 0. The molecule has 0 heterocycles. The van der Waals surface area contributed by atoms with Crippen molar-refractivity contribution in [3.8, 4) is 0 Å². The molecule has 0 aliphatic rings. The molecule has 0 unspecified atom stereocenters. The minimum Gasteiger partial charge on any atom is -0.396 e. The number of rotatable bonds is 6. The maximum Gasteiger partial charge on any atom is 0.146 e. The molecule has 0 spiro atoms. The molecule has 2 N–H and O–H groups in total. The van der Waals surface area contributed by atoms with Crippen LogP contribution in [0, 0.1) is 0 Å². The molecule has 2 atom stereocenters. The topological polar surface area (TPSA) is 58.9 Å². The summed E-state index contributed by atoms with van der Waals surface area (Å²) >= 11 is 0. The number of ether oxygens (including phenoxy) is 2. The molecular formula is C7H16O4. The maximum atomic E-state index is 9.08. The van der Waals surface area contributed by atoms with Crippen molar-refractivity contribution in [3.05, 3.63) is 0 Å². The Labute approximate surface area is 66.7 Å². The van der Waals surface area contributed by atoms with E-state index in [-0.39, 0.29) is 19.5 Å². The van der Waals surface area contributed by atoms with E-state index in [0.717, 1.165) is 0 Å². The van der Waals surface area contributed by atoms with Gasteiger partial charge in [-0.3, -0.25) is 0 Å². The standard InChI is InChI=1S/C7H16O4/c1-6(9)7(3-4-8)11-5-10-2/h6-9H,3-5H2,1-2H3/t6-,7+/m0/s1. The first-order valence-electron chi connectivity index (χ1n) is 3.61. The fourth-order valence-corrected chi connectivity index (χ4v) is 0.746. The zero-order valence-corrected chi connectivity index (χ0v) is 6.99. The molecule has 0 aromatic heterocycles. The van der Waals surface area contributed by atoms with Crippen molar-refractivity contribution in [2.75, 3.05) is 20.5 Å². The van der Waals surface area contributed by atoms with Crippen LogP contribution in [0.4, 0.5) is 0 Å². The summed E-state index contributed by atoms with van der Waals surface area (Å²) in [6, 6.07) is 0. The van der Waals surface area contributed by atoms with Gasteiger partial charge in [-0.1, -0.05) is 0 Å². The van der Waals surface area contributed by atoms with Crippen LogP contribution in [0.15, 0.2) is 0 Å². The third kappa shape index (κ3) is 5.15. The van der Waals surface area contributed by atoms with Crippen molar-refractivity contribution in [1.82, 2.24) is 0 Å². The summed E-state index contributed by atoms with van der Waals surface area (Å²) in [5.41, 5.74) is 0. The predicted octanol–water partition coefficient (Wildman–Crippen LogP) is -0.261. The van der Waals surface area contributed by atoms with E-state index >= 15 is 0 Å². The summed E-state index contributed by atoms with van der Waals surface area (Å²) in [6.07, 6.45) is -0.474. The van der Waals surface area contributed by atoms with Gasteiger partial charge in [-0.05, 0) is 13.3 Å². The van der Waals surface area contributed by atoms with Gasteiger partial charge in [0.05, 0.1) is 12.2 Å². The molecule has 11 heavy (non-hydrogen) atoms. The van der Waals surface area contributed by atoms with E-state index in [1.807, 2.05) is 0 Å². The molecule has 0 rings (SSSR count). The first-order valence-corrected chi connectivity index (χ1v) is 3.61. The monoisotopic (exact) mass is 164 g/mol. The summed E-state index contributed by atoms with van der Waals surface area (Å²) < 4.78 is 9.71. The van der Waals surface area contributed by atoms with Crippen LogP contribution in [0.1, 0.15) is 13.3 Å². The lowest BCUT2D eigenvalue weighted by Gasteiger charge is -2.18. The Bertz CT molecular complexity index is 84.5. The second-order valence-electron chi connectivity index (χ2n) is 2.36. The van der Waals surface area contributed by atoms with Crippen molar-refractivity contribution in [3.63, 3.8) is 0 Å². The largest absolute Gasteiger partial charge is 0.396 e. The third-order valence-electron chi connectivity index (χ3n) is 1.35. The van der Waals surface area contributed by atoms with Gasteiger partial charge in [0.15, 0.2) is 0 Å². The normalized spacial score (nSPS) is 16.4. The number of aliphatic hydroxyl groups excluding tert-OH is 2. The average Bonchev–Trinajstić information content (AvgIpc) is 1.97. The summed E-state index contributed by atoms with van der Waals surface area (Å²) in [6.45, 7) is 1.78. The summed E-state index contributed by atoms with van der Waals surface area (Å²) in [7, 11) is 1.51. The van der Waals surface area contributed by atoms with Gasteiger partial charge in [0.2, 0.25) is 0 Å². The van der Waals surface area contributed by atoms with Crippen LogP contribution in [-0.4, -0.2) is 42.9 Å². The highest BCUT2D eigenvalue weighted by Crippen LogP contribution is 2.03. The molecule has 0 saturated carbocycles. The lowest BCUT2D eigenvalue weighted by atomic mass is 10.2. The lowest BCUT2D eigenvalue weighted by molar-refractivity contribution is -0.113. The molecule has 4 heteroatoms. The first-order chi connectivity index (χ1) is 5.22. The van der Waals surface area contributed by atoms with E-state index in [1.165, 1.54) is 7.11 Å². The molecule has 0 aromatic rings. The van der Waals surface area contributed by atoms with Gasteiger partial charge >= 0.3 is 0 Å². The predicted molar refractivity (Wildman–Crippen MR) is 40.1 cm³/mol. The maximum absolute atomic E-state index is 9.08. The number of hydrogen-bond acceptors (Lipinski definition) is 4. The van der Waals surface area contributed by atoms with Crippen molar-refractivity contribution in [1.29, 1.82) is 0 Å². The molecule has 0 fully saturated rings. The SMILES string of the molecule is COCO[C@H](CCO)[C@H](C)O. The molecule has 4 nitrogen and oxygen atoms in total. The Morgan fingerprint density at radius 2 is 2.09 bits per heavy atom. The lowest BCUT2D eigenvalue weighted by Crippen LogP contribution is -2.28. The van der Waals surface area contributed by atoms with Gasteiger partial charge in [0.1, 0.15) is 6.79 Å². The van der Waals surface area contributed by atoms with Crippen LogP contribution in [0.25, 0.3) is 0 Å². The molecule has 0 aromatic carbocycles. The third-order valence-corrected chi connectivity index (χ3v) is 1.35. The Hall–Kier alpha value is -0.160. The zero-order valence-electron chi connectivity index (χ0n) is 6.99. The van der Waals surface area contributed by atoms with Gasteiger partial charge in [0.25, 0.3) is 0 Å². The van der Waals surface area contributed by atoms with E-state index in [1.54, 1.807) is 6.92 Å². The molecule has 0 aliphatic carbocycles. The number of methoxy groups -OCH3 is 1. The zero-order chi connectivity index (χ0) is 8.69. The average molecular weight is 164 g/mol. The Balaban J connectivity index is 3.51. The van der Waals surface area contributed by atoms with Crippen molar-refractivity contribution >= 4 is 0 Å². The van der Waals surface area contributed by atoms with Crippen LogP contribution in [-0.2, 0) is 9.47 Å². The minimum absolute atomic E-state index is 0.0132. The highest BCUT2D eigenvalue weighted by molar-refractivity contribution is 4.62. The smallest absolute Gasteiger partial charge is 0.146 e. The summed E-state index contributed by atoms with van der Waals surface area (Å²) in [5, 5.41) is 17.6. The highest BCUT2D eigenvalue weighted by atomic mass is 16.7. The first kappa shape index (κ1) is 10.8. The quantitative estimate of drug-likeness (QED) is 0.531. The van der Waals surface area contributed by atoms with Gasteiger partial charge in [-0.2, -0.15) is 0 Å². The molecule has 0 radical (unpaired) electrons. The van der Waals surface area contributed by atoms with Crippen LogP contribution in [0.2, 0.25) is 0 Å². The second-order valence-corrected chi connectivity index (χ2v) is 2.36. The molecule has 0 saturated heterocycles. The molecule has 0 aliphatic heterocycles. The van der Waals surface area contributed by atoms with Crippen LogP contribution < -0.4 is 0 Å². The number of hydrogen-bond donors (Lipinski definition) is 2. The van der Waals surface area contributed by atoms with Gasteiger partial charge in [0, 0.05) is 13.7 Å². The Morgan fingerprint density at radius 1 is 1.45 bits per heavy atom. The highest BCUT2D eigenvalue weighted by Gasteiger charge is 2.13. The summed E-state index contributed by atoms with van der Waals surface area (Å²) in [5.74, 6) is 0. The Morgan fingerprint density at radius 3 is 2.45 bits per heavy atom. The molecule has 0 bridgehead atoms. The van der Waals surface area contributed by atoms with E-state index in [2.05, 4.69) is 4.74 Å². The van der Waals surface area contributed by atoms with Gasteiger partial charge in [-0.25, -0.2) is 0 Å². The minimum atomic E-state index is -0.572. The van der Waals surface area contributed by atoms with Crippen LogP contribution in [0.3, 0.4) is 0 Å². The number of aliphatic hydroxyl groups is 2. The van der Waals surface area contributed by atoms with E-state index in [4.69, 9.17) is 14.9 Å². The Kier molecular flexibility index (Phi) is 6.45. The fraction of sp³-hybridized carbons (Fsp3) is 1.00. The van der Waals surface area contributed by atoms with E-state index in [9.17, 15) is 0 Å².